The van der Waals surface area contributed by atoms with Gasteiger partial charge < -0.3 is 10.5 Å². The second-order valence-corrected chi connectivity index (χ2v) is 2.54. The zero-order chi connectivity index (χ0) is 7.78. The number of rotatable bonds is 1. The lowest BCUT2D eigenvalue weighted by Crippen LogP contribution is -2.58. The van der Waals surface area contributed by atoms with Crippen molar-refractivity contribution in [2.24, 2.45) is 5.73 Å². The molecule has 0 bridgehead atoms. The van der Waals surface area contributed by atoms with Crippen molar-refractivity contribution in [2.45, 2.75) is 18.4 Å². The Kier molecular flexibility index (Phi) is 1.48. The van der Waals surface area contributed by atoms with E-state index in [1.165, 1.54) is 7.11 Å². The summed E-state index contributed by atoms with van der Waals surface area (Å²) in [5.41, 5.74) is 4.44. The zero-order valence-electron chi connectivity index (χ0n) is 5.72. The van der Waals surface area contributed by atoms with Gasteiger partial charge in [0.1, 0.15) is 11.3 Å². The van der Waals surface area contributed by atoms with Crippen LogP contribution in [0.25, 0.3) is 0 Å². The van der Waals surface area contributed by atoms with Crippen molar-refractivity contribution in [2.75, 3.05) is 7.11 Å². The number of esters is 1. The standard InChI is InChI=1S/C6H9NO3/c1-10-5(9)6(7)2-4(8)3-6/h2-3,7H2,1H3. The number of methoxy groups -OCH3 is 1. The van der Waals surface area contributed by atoms with Crippen molar-refractivity contribution in [1.82, 2.24) is 0 Å². The lowest BCUT2D eigenvalue weighted by atomic mass is 9.77. The van der Waals surface area contributed by atoms with E-state index >= 15 is 0 Å². The van der Waals surface area contributed by atoms with Gasteiger partial charge in [-0.15, -0.1) is 0 Å². The third kappa shape index (κ3) is 0.903. The molecule has 0 unspecified atom stereocenters. The molecule has 4 heteroatoms. The van der Waals surface area contributed by atoms with E-state index < -0.39 is 11.5 Å². The molecule has 4 nitrogen and oxygen atoms in total. The minimum Gasteiger partial charge on any atom is -0.468 e. The molecule has 0 atom stereocenters. The van der Waals surface area contributed by atoms with Crippen molar-refractivity contribution in [3.63, 3.8) is 0 Å². The highest BCUT2D eigenvalue weighted by Gasteiger charge is 2.47. The lowest BCUT2D eigenvalue weighted by molar-refractivity contribution is -0.155. The Morgan fingerprint density at radius 2 is 2.20 bits per heavy atom. The van der Waals surface area contributed by atoms with E-state index in [1.54, 1.807) is 0 Å². The Labute approximate surface area is 58.3 Å². The van der Waals surface area contributed by atoms with Gasteiger partial charge in [-0.25, -0.2) is 0 Å². The fourth-order valence-corrected chi connectivity index (χ4v) is 1.000. The molecular formula is C6H9NO3. The largest absolute Gasteiger partial charge is 0.468 e. The third-order valence-electron chi connectivity index (χ3n) is 1.62. The molecule has 0 saturated heterocycles. The minimum atomic E-state index is -1.01. The van der Waals surface area contributed by atoms with E-state index in [0.717, 1.165) is 0 Å². The van der Waals surface area contributed by atoms with E-state index in [2.05, 4.69) is 4.74 Å². The van der Waals surface area contributed by atoms with Crippen molar-refractivity contribution in [3.8, 4) is 0 Å². The molecule has 0 spiro atoms. The molecular weight excluding hydrogens is 134 g/mol. The summed E-state index contributed by atoms with van der Waals surface area (Å²) in [6.45, 7) is 0. The maximum atomic E-state index is 10.8. The van der Waals surface area contributed by atoms with Crippen LogP contribution >= 0.6 is 0 Å². The summed E-state index contributed by atoms with van der Waals surface area (Å²) in [6.07, 6.45) is 0.249. The maximum Gasteiger partial charge on any atom is 0.326 e. The van der Waals surface area contributed by atoms with E-state index in [-0.39, 0.29) is 18.6 Å². The predicted molar refractivity (Wildman–Crippen MR) is 33.2 cm³/mol. The maximum absolute atomic E-state index is 10.8. The fourth-order valence-electron chi connectivity index (χ4n) is 1.000. The summed E-state index contributed by atoms with van der Waals surface area (Å²) in [6, 6.07) is 0. The van der Waals surface area contributed by atoms with E-state index in [4.69, 9.17) is 5.73 Å². The van der Waals surface area contributed by atoms with Crippen molar-refractivity contribution in [3.05, 3.63) is 0 Å². The van der Waals surface area contributed by atoms with Gasteiger partial charge in [-0.2, -0.15) is 0 Å². The van der Waals surface area contributed by atoms with Crippen LogP contribution in [0.2, 0.25) is 0 Å². The van der Waals surface area contributed by atoms with Crippen molar-refractivity contribution >= 4 is 11.8 Å². The Balaban J connectivity index is 2.56. The van der Waals surface area contributed by atoms with Gasteiger partial charge in [-0.1, -0.05) is 0 Å². The number of nitrogens with two attached hydrogens (primary N) is 1. The molecule has 2 N–H and O–H groups in total. The molecule has 56 valence electrons. The minimum absolute atomic E-state index is 0.0212. The number of carbonyl (C=O) groups is 2. The number of carbonyl (C=O) groups excluding carboxylic acids is 2. The molecule has 0 heterocycles. The Hall–Kier alpha value is -0.900. The van der Waals surface area contributed by atoms with Crippen LogP contribution in [0, 0.1) is 0 Å². The van der Waals surface area contributed by atoms with Gasteiger partial charge in [0.05, 0.1) is 7.11 Å². The zero-order valence-corrected chi connectivity index (χ0v) is 5.72. The van der Waals surface area contributed by atoms with Gasteiger partial charge in [0.25, 0.3) is 0 Å². The van der Waals surface area contributed by atoms with E-state index in [0.29, 0.717) is 0 Å². The quantitative estimate of drug-likeness (QED) is 0.489. The van der Waals surface area contributed by atoms with Crippen LogP contribution in [-0.2, 0) is 14.3 Å². The molecule has 0 aromatic rings. The van der Waals surface area contributed by atoms with Crippen LogP contribution < -0.4 is 5.73 Å². The van der Waals surface area contributed by atoms with Gasteiger partial charge in [-0.05, 0) is 0 Å². The Morgan fingerprint density at radius 3 is 2.50 bits per heavy atom. The molecule has 0 aliphatic heterocycles. The van der Waals surface area contributed by atoms with Gasteiger partial charge in [0, 0.05) is 12.8 Å². The van der Waals surface area contributed by atoms with Gasteiger partial charge in [0.2, 0.25) is 0 Å². The first kappa shape index (κ1) is 7.21. The fraction of sp³-hybridized carbons (Fsp3) is 0.667. The third-order valence-corrected chi connectivity index (χ3v) is 1.62. The second kappa shape index (κ2) is 2.05. The normalized spacial score (nSPS) is 21.6. The summed E-state index contributed by atoms with van der Waals surface area (Å²) in [5, 5.41) is 0. The second-order valence-electron chi connectivity index (χ2n) is 2.54. The summed E-state index contributed by atoms with van der Waals surface area (Å²) >= 11 is 0. The number of hydrogen-bond acceptors (Lipinski definition) is 4. The summed E-state index contributed by atoms with van der Waals surface area (Å²) < 4.78 is 4.39. The predicted octanol–water partition coefficient (Wildman–Crippen LogP) is -0.780. The highest BCUT2D eigenvalue weighted by molar-refractivity contribution is 6.00. The highest BCUT2D eigenvalue weighted by Crippen LogP contribution is 2.26. The van der Waals surface area contributed by atoms with Crippen LogP contribution in [0.4, 0.5) is 0 Å². The van der Waals surface area contributed by atoms with Crippen LogP contribution in [-0.4, -0.2) is 24.4 Å². The SMILES string of the molecule is COC(=O)C1(N)CC(=O)C1. The molecule has 1 saturated carbocycles. The monoisotopic (exact) mass is 143 g/mol. The molecule has 1 aliphatic carbocycles. The van der Waals surface area contributed by atoms with Gasteiger partial charge in [0.15, 0.2) is 0 Å². The molecule has 0 amide bonds. The molecule has 1 aliphatic rings. The number of ether oxygens (including phenoxy) is 1. The Morgan fingerprint density at radius 1 is 1.70 bits per heavy atom. The van der Waals surface area contributed by atoms with Crippen LogP contribution in [0.5, 0.6) is 0 Å². The number of hydrogen-bond donors (Lipinski definition) is 1. The first-order valence-electron chi connectivity index (χ1n) is 2.97. The molecule has 0 aromatic carbocycles. The van der Waals surface area contributed by atoms with Crippen LogP contribution in [0.3, 0.4) is 0 Å². The van der Waals surface area contributed by atoms with Gasteiger partial charge >= 0.3 is 5.97 Å². The molecule has 0 aromatic heterocycles. The Bertz CT molecular complexity index is 179. The van der Waals surface area contributed by atoms with E-state index in [1.807, 2.05) is 0 Å². The molecule has 0 radical (unpaired) electrons. The summed E-state index contributed by atoms with van der Waals surface area (Å²) in [4.78, 5) is 21.2. The molecule has 1 fully saturated rings. The number of Topliss-reactive ketones (excluding diaryl/α,β-unsaturated/α-hetero) is 1. The average Bonchev–Trinajstić information content (AvgIpc) is 1.83. The van der Waals surface area contributed by atoms with Crippen molar-refractivity contribution in [1.29, 1.82) is 0 Å². The van der Waals surface area contributed by atoms with Crippen molar-refractivity contribution < 1.29 is 14.3 Å². The molecule has 1 rings (SSSR count). The summed E-state index contributed by atoms with van der Waals surface area (Å²) in [5.74, 6) is -0.472. The average molecular weight is 143 g/mol. The lowest BCUT2D eigenvalue weighted by Gasteiger charge is -2.32. The van der Waals surface area contributed by atoms with E-state index in [9.17, 15) is 9.59 Å². The van der Waals surface area contributed by atoms with Gasteiger partial charge in [-0.3, -0.25) is 9.59 Å². The molecule has 10 heavy (non-hydrogen) atoms. The van der Waals surface area contributed by atoms with Crippen LogP contribution in [0.15, 0.2) is 0 Å². The van der Waals surface area contributed by atoms with Crippen LogP contribution in [0.1, 0.15) is 12.8 Å². The highest BCUT2D eigenvalue weighted by atomic mass is 16.5. The summed E-state index contributed by atoms with van der Waals surface area (Å²) in [7, 11) is 1.26. The first-order chi connectivity index (χ1) is 4.58. The first-order valence-corrected chi connectivity index (χ1v) is 2.97. The number of ketones is 1. The topological polar surface area (TPSA) is 69.4 Å². The smallest absolute Gasteiger partial charge is 0.326 e.